The maximum atomic E-state index is 13.1. The number of amides is 2. The summed E-state index contributed by atoms with van der Waals surface area (Å²) in [5, 5.41) is 6.15. The summed E-state index contributed by atoms with van der Waals surface area (Å²) in [5.74, 6) is 0.567. The smallest absolute Gasteiger partial charge is 0.255 e. The van der Waals surface area contributed by atoms with Gasteiger partial charge < -0.3 is 16.4 Å². The summed E-state index contributed by atoms with van der Waals surface area (Å²) in [7, 11) is 0. The van der Waals surface area contributed by atoms with Gasteiger partial charge in [0.25, 0.3) is 11.8 Å². The Balaban J connectivity index is 1.50. The van der Waals surface area contributed by atoms with Crippen molar-refractivity contribution in [2.24, 2.45) is 17.6 Å². The standard InChI is InChI=1S/C23H27N3O2/c24-18-13-16-9-6-10-17(14-18)21(16)26-23(28)19-11-4-5-12-20(19)25-22(27)15-7-2-1-3-8-15/h1-5,7-8,11-12,16-18,21H,6,9-10,13-14,24H2,(H,25,27)(H,26,28). The van der Waals surface area contributed by atoms with E-state index in [4.69, 9.17) is 5.73 Å². The molecule has 2 unspecified atom stereocenters. The molecule has 2 fully saturated rings. The number of carbonyl (C=O) groups is 2. The van der Waals surface area contributed by atoms with Gasteiger partial charge in [-0.05, 0) is 61.8 Å². The number of benzene rings is 2. The summed E-state index contributed by atoms with van der Waals surface area (Å²) < 4.78 is 0. The van der Waals surface area contributed by atoms with E-state index in [2.05, 4.69) is 10.6 Å². The van der Waals surface area contributed by atoms with Crippen molar-refractivity contribution in [3.05, 3.63) is 65.7 Å². The summed E-state index contributed by atoms with van der Waals surface area (Å²) in [6.07, 6.45) is 5.43. The van der Waals surface area contributed by atoms with Crippen LogP contribution in [0.5, 0.6) is 0 Å². The predicted molar refractivity (Wildman–Crippen MR) is 110 cm³/mol. The highest BCUT2D eigenvalue weighted by Crippen LogP contribution is 2.39. The lowest BCUT2D eigenvalue weighted by Gasteiger charge is -2.45. The minimum Gasteiger partial charge on any atom is -0.349 e. The van der Waals surface area contributed by atoms with E-state index in [1.807, 2.05) is 30.3 Å². The number of nitrogens with one attached hydrogen (secondary N) is 2. The summed E-state index contributed by atoms with van der Waals surface area (Å²) in [6.45, 7) is 0. The molecule has 4 rings (SSSR count). The molecule has 2 saturated carbocycles. The largest absolute Gasteiger partial charge is 0.349 e. The van der Waals surface area contributed by atoms with Crippen LogP contribution >= 0.6 is 0 Å². The van der Waals surface area contributed by atoms with E-state index in [0.29, 0.717) is 28.7 Å². The number of nitrogens with two attached hydrogens (primary N) is 1. The molecule has 0 saturated heterocycles. The van der Waals surface area contributed by atoms with E-state index >= 15 is 0 Å². The zero-order valence-electron chi connectivity index (χ0n) is 15.9. The Hall–Kier alpha value is -2.66. The van der Waals surface area contributed by atoms with E-state index < -0.39 is 0 Å². The van der Waals surface area contributed by atoms with Gasteiger partial charge in [0, 0.05) is 17.6 Å². The third-order valence-electron chi connectivity index (χ3n) is 6.13. The Morgan fingerprint density at radius 2 is 1.50 bits per heavy atom. The van der Waals surface area contributed by atoms with Crippen LogP contribution in [0.1, 0.15) is 52.8 Å². The first-order valence-corrected chi connectivity index (χ1v) is 10.1. The van der Waals surface area contributed by atoms with Crippen molar-refractivity contribution in [1.82, 2.24) is 5.32 Å². The summed E-state index contributed by atoms with van der Waals surface area (Å²) in [4.78, 5) is 25.6. The van der Waals surface area contributed by atoms with Gasteiger partial charge >= 0.3 is 0 Å². The Morgan fingerprint density at radius 1 is 0.857 bits per heavy atom. The molecule has 5 heteroatoms. The normalized spacial score (nSPS) is 26.3. The molecule has 0 aliphatic heterocycles. The highest BCUT2D eigenvalue weighted by molar-refractivity contribution is 6.09. The molecule has 2 aromatic rings. The van der Waals surface area contributed by atoms with E-state index in [0.717, 1.165) is 25.7 Å². The van der Waals surface area contributed by atoms with E-state index in [1.54, 1.807) is 24.3 Å². The molecule has 5 nitrogen and oxygen atoms in total. The van der Waals surface area contributed by atoms with Gasteiger partial charge in [0.1, 0.15) is 0 Å². The van der Waals surface area contributed by atoms with Crippen molar-refractivity contribution in [1.29, 1.82) is 0 Å². The topological polar surface area (TPSA) is 84.2 Å². The van der Waals surface area contributed by atoms with E-state index in [1.165, 1.54) is 6.42 Å². The van der Waals surface area contributed by atoms with Crippen LogP contribution in [-0.2, 0) is 0 Å². The van der Waals surface area contributed by atoms with Crippen LogP contribution in [0.4, 0.5) is 5.69 Å². The van der Waals surface area contributed by atoms with Crippen molar-refractivity contribution in [3.8, 4) is 0 Å². The number of rotatable bonds is 4. The van der Waals surface area contributed by atoms with Gasteiger partial charge in [-0.15, -0.1) is 0 Å². The van der Waals surface area contributed by atoms with Crippen molar-refractivity contribution in [3.63, 3.8) is 0 Å². The molecule has 146 valence electrons. The number of carbonyl (C=O) groups excluding carboxylic acids is 2. The minimum absolute atomic E-state index is 0.124. The van der Waals surface area contributed by atoms with Crippen LogP contribution in [0, 0.1) is 11.8 Å². The molecule has 2 bridgehead atoms. The second-order valence-electron chi connectivity index (χ2n) is 8.05. The lowest BCUT2D eigenvalue weighted by Crippen LogP contribution is -2.53. The fraction of sp³-hybridized carbons (Fsp3) is 0.391. The van der Waals surface area contributed by atoms with Crippen LogP contribution in [0.2, 0.25) is 0 Å². The number of fused-ring (bicyclic) bond motifs is 2. The van der Waals surface area contributed by atoms with Gasteiger partial charge in [-0.2, -0.15) is 0 Å². The Kier molecular flexibility index (Phi) is 5.44. The quantitative estimate of drug-likeness (QED) is 0.761. The van der Waals surface area contributed by atoms with Gasteiger partial charge in [0.15, 0.2) is 0 Å². The highest BCUT2D eigenvalue weighted by atomic mass is 16.2. The van der Waals surface area contributed by atoms with Crippen molar-refractivity contribution >= 4 is 17.5 Å². The average Bonchev–Trinajstić information content (AvgIpc) is 2.69. The Labute approximate surface area is 165 Å². The van der Waals surface area contributed by atoms with Crippen molar-refractivity contribution in [2.75, 3.05) is 5.32 Å². The molecule has 2 atom stereocenters. The molecule has 4 N–H and O–H groups in total. The van der Waals surface area contributed by atoms with Gasteiger partial charge in [-0.25, -0.2) is 0 Å². The lowest BCUT2D eigenvalue weighted by atomic mass is 9.67. The number of hydrogen-bond donors (Lipinski definition) is 3. The van der Waals surface area contributed by atoms with Crippen LogP contribution < -0.4 is 16.4 Å². The fourth-order valence-corrected chi connectivity index (χ4v) is 4.83. The van der Waals surface area contributed by atoms with Gasteiger partial charge in [0.2, 0.25) is 0 Å². The van der Waals surface area contributed by atoms with E-state index in [9.17, 15) is 9.59 Å². The molecule has 0 heterocycles. The number of hydrogen-bond acceptors (Lipinski definition) is 3. The first-order chi connectivity index (χ1) is 13.6. The Bertz CT molecular complexity index is 838. The molecular formula is C23H27N3O2. The van der Waals surface area contributed by atoms with Crippen LogP contribution in [0.3, 0.4) is 0 Å². The minimum atomic E-state index is -0.221. The fourth-order valence-electron chi connectivity index (χ4n) is 4.83. The predicted octanol–water partition coefficient (Wildman–Crippen LogP) is 3.57. The van der Waals surface area contributed by atoms with Gasteiger partial charge in [-0.1, -0.05) is 36.8 Å². The first kappa shape index (κ1) is 18.7. The SMILES string of the molecule is NC1CC2CCCC(C1)C2NC(=O)c1ccccc1NC(=O)c1ccccc1. The molecule has 2 aliphatic rings. The molecule has 2 aliphatic carbocycles. The monoisotopic (exact) mass is 377 g/mol. The highest BCUT2D eigenvalue weighted by Gasteiger charge is 2.40. The molecule has 0 aromatic heterocycles. The zero-order valence-corrected chi connectivity index (χ0v) is 15.9. The molecular weight excluding hydrogens is 350 g/mol. The van der Waals surface area contributed by atoms with Crippen LogP contribution in [0.25, 0.3) is 0 Å². The summed E-state index contributed by atoms with van der Waals surface area (Å²) >= 11 is 0. The van der Waals surface area contributed by atoms with Crippen molar-refractivity contribution < 1.29 is 9.59 Å². The van der Waals surface area contributed by atoms with Gasteiger partial charge in [0.05, 0.1) is 11.3 Å². The van der Waals surface area contributed by atoms with Crippen LogP contribution in [0.15, 0.2) is 54.6 Å². The third kappa shape index (κ3) is 3.94. The maximum Gasteiger partial charge on any atom is 0.255 e. The summed E-state index contributed by atoms with van der Waals surface area (Å²) in [6, 6.07) is 16.6. The average molecular weight is 377 g/mol. The molecule has 28 heavy (non-hydrogen) atoms. The molecule has 2 aromatic carbocycles. The second kappa shape index (κ2) is 8.15. The van der Waals surface area contributed by atoms with Crippen molar-refractivity contribution in [2.45, 2.75) is 44.2 Å². The van der Waals surface area contributed by atoms with Gasteiger partial charge in [-0.3, -0.25) is 9.59 Å². The number of anilines is 1. The first-order valence-electron chi connectivity index (χ1n) is 10.1. The molecule has 0 radical (unpaired) electrons. The Morgan fingerprint density at radius 3 is 2.21 bits per heavy atom. The molecule has 2 amide bonds. The maximum absolute atomic E-state index is 13.1. The third-order valence-corrected chi connectivity index (χ3v) is 6.13. The summed E-state index contributed by atoms with van der Waals surface area (Å²) in [5.41, 5.74) is 7.80. The number of para-hydroxylation sites is 1. The zero-order chi connectivity index (χ0) is 19.5. The van der Waals surface area contributed by atoms with Crippen LogP contribution in [-0.4, -0.2) is 23.9 Å². The molecule has 0 spiro atoms. The van der Waals surface area contributed by atoms with E-state index in [-0.39, 0.29) is 23.9 Å². The lowest BCUT2D eigenvalue weighted by molar-refractivity contribution is 0.0757. The second-order valence-corrected chi connectivity index (χ2v) is 8.05.